The van der Waals surface area contributed by atoms with Crippen molar-refractivity contribution in [2.75, 3.05) is 0 Å². The Balaban J connectivity index is 2.96. The van der Waals surface area contributed by atoms with Gasteiger partial charge in [-0.1, -0.05) is 6.07 Å². The van der Waals surface area contributed by atoms with Crippen LogP contribution in [0.15, 0.2) is 12.1 Å². The maximum absolute atomic E-state index is 5.30. The number of pyridine rings is 1. The number of nitrogens with one attached hydrogen (secondary N) is 1. The molecule has 0 saturated heterocycles. The predicted octanol–water partition coefficient (Wildman–Crippen LogP) is 1.22. The lowest BCUT2D eigenvalue weighted by molar-refractivity contribution is 0.585. The first-order chi connectivity index (χ1) is 5.65. The molecule has 0 aliphatic heterocycles. The molecule has 0 amide bonds. The first-order valence-electron chi connectivity index (χ1n) is 4.05. The summed E-state index contributed by atoms with van der Waals surface area (Å²) in [5, 5.41) is 0. The van der Waals surface area contributed by atoms with Gasteiger partial charge in [-0.15, -0.1) is 0 Å². The van der Waals surface area contributed by atoms with Gasteiger partial charge in [-0.05, 0) is 32.4 Å². The largest absolute Gasteiger partial charge is 0.271 e. The van der Waals surface area contributed by atoms with Gasteiger partial charge >= 0.3 is 0 Å². The number of hydrogen-bond donors (Lipinski definition) is 2. The van der Waals surface area contributed by atoms with Gasteiger partial charge in [0.25, 0.3) is 0 Å². The van der Waals surface area contributed by atoms with E-state index in [9.17, 15) is 0 Å². The molecule has 0 saturated carbocycles. The summed E-state index contributed by atoms with van der Waals surface area (Å²) in [6.07, 6.45) is 0. The molecule has 1 atom stereocenters. The summed E-state index contributed by atoms with van der Waals surface area (Å²) in [6, 6.07) is 4.17. The highest BCUT2D eigenvalue weighted by molar-refractivity contribution is 5.21. The first kappa shape index (κ1) is 9.16. The zero-order valence-electron chi connectivity index (χ0n) is 7.76. The number of hydrogen-bond acceptors (Lipinski definition) is 3. The van der Waals surface area contributed by atoms with Crippen LogP contribution in [-0.4, -0.2) is 4.98 Å². The third-order valence-corrected chi connectivity index (χ3v) is 2.07. The van der Waals surface area contributed by atoms with E-state index in [4.69, 9.17) is 5.84 Å². The highest BCUT2D eigenvalue weighted by atomic mass is 15.2. The van der Waals surface area contributed by atoms with Gasteiger partial charge < -0.3 is 0 Å². The van der Waals surface area contributed by atoms with Crippen LogP contribution in [0.2, 0.25) is 0 Å². The van der Waals surface area contributed by atoms with Crippen LogP contribution in [0.5, 0.6) is 0 Å². The van der Waals surface area contributed by atoms with E-state index in [1.807, 2.05) is 26.8 Å². The third kappa shape index (κ3) is 1.81. The van der Waals surface area contributed by atoms with E-state index >= 15 is 0 Å². The van der Waals surface area contributed by atoms with Gasteiger partial charge in [0, 0.05) is 5.69 Å². The smallest absolute Gasteiger partial charge is 0.0604 e. The molecule has 3 heteroatoms. The Morgan fingerprint density at radius 3 is 2.58 bits per heavy atom. The molecule has 0 spiro atoms. The fourth-order valence-corrected chi connectivity index (χ4v) is 0.977. The number of hydrazine groups is 1. The summed E-state index contributed by atoms with van der Waals surface area (Å²) in [7, 11) is 0. The Labute approximate surface area is 73.0 Å². The molecule has 3 nitrogen and oxygen atoms in total. The van der Waals surface area contributed by atoms with Crippen molar-refractivity contribution in [3.63, 3.8) is 0 Å². The predicted molar refractivity (Wildman–Crippen MR) is 49.4 cm³/mol. The molecular weight excluding hydrogens is 150 g/mol. The van der Waals surface area contributed by atoms with Crippen molar-refractivity contribution in [1.82, 2.24) is 10.4 Å². The molecule has 1 heterocycles. The normalized spacial score (nSPS) is 13.0. The molecule has 66 valence electrons. The summed E-state index contributed by atoms with van der Waals surface area (Å²) in [5.41, 5.74) is 5.93. The second kappa shape index (κ2) is 3.65. The van der Waals surface area contributed by atoms with E-state index in [2.05, 4.69) is 16.5 Å². The summed E-state index contributed by atoms with van der Waals surface area (Å²) >= 11 is 0. The van der Waals surface area contributed by atoms with Crippen LogP contribution < -0.4 is 11.3 Å². The molecule has 0 bridgehead atoms. The molecule has 1 rings (SSSR count). The molecule has 1 unspecified atom stereocenters. The molecular formula is C9H15N3. The number of nitrogens with zero attached hydrogens (tertiary/aromatic N) is 1. The Kier molecular flexibility index (Phi) is 2.78. The summed E-state index contributed by atoms with van der Waals surface area (Å²) < 4.78 is 0. The number of aromatic nitrogens is 1. The van der Waals surface area contributed by atoms with E-state index in [0.29, 0.717) is 0 Å². The molecule has 0 radical (unpaired) electrons. The zero-order chi connectivity index (χ0) is 9.14. The van der Waals surface area contributed by atoms with Crippen LogP contribution in [0, 0.1) is 13.8 Å². The fraction of sp³-hybridized carbons (Fsp3) is 0.444. The lowest BCUT2D eigenvalue weighted by Crippen LogP contribution is -2.26. The minimum atomic E-state index is 0.115. The zero-order valence-corrected chi connectivity index (χ0v) is 7.76. The average Bonchev–Trinajstić information content (AvgIpc) is 2.08. The SMILES string of the molecule is Cc1ccc(C(C)NN)nc1C. The van der Waals surface area contributed by atoms with Crippen LogP contribution in [0.4, 0.5) is 0 Å². The van der Waals surface area contributed by atoms with Crippen molar-refractivity contribution in [2.45, 2.75) is 26.8 Å². The van der Waals surface area contributed by atoms with E-state index in [-0.39, 0.29) is 6.04 Å². The molecule has 3 N–H and O–H groups in total. The van der Waals surface area contributed by atoms with Crippen molar-refractivity contribution in [2.24, 2.45) is 5.84 Å². The van der Waals surface area contributed by atoms with Crippen LogP contribution in [0.25, 0.3) is 0 Å². The van der Waals surface area contributed by atoms with Crippen LogP contribution in [-0.2, 0) is 0 Å². The van der Waals surface area contributed by atoms with E-state index in [0.717, 1.165) is 11.4 Å². The second-order valence-electron chi connectivity index (χ2n) is 3.03. The second-order valence-corrected chi connectivity index (χ2v) is 3.03. The van der Waals surface area contributed by atoms with Crippen molar-refractivity contribution in [1.29, 1.82) is 0 Å². The third-order valence-electron chi connectivity index (χ3n) is 2.07. The topological polar surface area (TPSA) is 50.9 Å². The lowest BCUT2D eigenvalue weighted by atomic mass is 10.1. The number of aryl methyl sites for hydroxylation is 2. The van der Waals surface area contributed by atoms with Crippen molar-refractivity contribution < 1.29 is 0 Å². The maximum atomic E-state index is 5.30. The highest BCUT2D eigenvalue weighted by Crippen LogP contribution is 2.11. The first-order valence-corrected chi connectivity index (χ1v) is 4.05. The average molecular weight is 165 g/mol. The van der Waals surface area contributed by atoms with Gasteiger partial charge in [-0.2, -0.15) is 0 Å². The minimum absolute atomic E-state index is 0.115. The summed E-state index contributed by atoms with van der Waals surface area (Å²) in [5.74, 6) is 5.30. The van der Waals surface area contributed by atoms with Crippen LogP contribution >= 0.6 is 0 Å². The molecule has 12 heavy (non-hydrogen) atoms. The molecule has 1 aromatic rings. The van der Waals surface area contributed by atoms with Gasteiger partial charge in [-0.25, -0.2) is 0 Å². The molecule has 1 aromatic heterocycles. The Morgan fingerprint density at radius 2 is 2.08 bits per heavy atom. The Hall–Kier alpha value is -0.930. The van der Waals surface area contributed by atoms with Gasteiger partial charge in [-0.3, -0.25) is 16.3 Å². The molecule has 0 aliphatic rings. The van der Waals surface area contributed by atoms with E-state index in [1.165, 1.54) is 5.56 Å². The Bertz CT molecular complexity index is 270. The van der Waals surface area contributed by atoms with Crippen molar-refractivity contribution in [3.05, 3.63) is 29.1 Å². The molecule has 0 aromatic carbocycles. The van der Waals surface area contributed by atoms with E-state index < -0.39 is 0 Å². The standard InChI is InChI=1S/C9H15N3/c1-6-4-5-9(8(3)12-10)11-7(6)2/h4-5,8,12H,10H2,1-3H3. The van der Waals surface area contributed by atoms with Gasteiger partial charge in [0.05, 0.1) is 11.7 Å². The Morgan fingerprint density at radius 1 is 1.42 bits per heavy atom. The molecule has 0 fully saturated rings. The van der Waals surface area contributed by atoms with Crippen molar-refractivity contribution >= 4 is 0 Å². The van der Waals surface area contributed by atoms with Crippen LogP contribution in [0.3, 0.4) is 0 Å². The number of rotatable bonds is 2. The fourth-order valence-electron chi connectivity index (χ4n) is 0.977. The monoisotopic (exact) mass is 165 g/mol. The summed E-state index contributed by atoms with van der Waals surface area (Å²) in [6.45, 7) is 6.03. The van der Waals surface area contributed by atoms with Gasteiger partial charge in [0.2, 0.25) is 0 Å². The highest BCUT2D eigenvalue weighted by Gasteiger charge is 2.04. The maximum Gasteiger partial charge on any atom is 0.0604 e. The minimum Gasteiger partial charge on any atom is -0.271 e. The van der Waals surface area contributed by atoms with Gasteiger partial charge in [0.1, 0.15) is 0 Å². The quantitative estimate of drug-likeness (QED) is 0.512. The summed E-state index contributed by atoms with van der Waals surface area (Å²) in [4.78, 5) is 4.40. The van der Waals surface area contributed by atoms with Crippen LogP contribution in [0.1, 0.15) is 29.9 Å². The molecule has 0 aliphatic carbocycles. The van der Waals surface area contributed by atoms with Gasteiger partial charge in [0.15, 0.2) is 0 Å². The lowest BCUT2D eigenvalue weighted by Gasteiger charge is -2.10. The van der Waals surface area contributed by atoms with Crippen molar-refractivity contribution in [3.8, 4) is 0 Å². The number of nitrogens with two attached hydrogens (primary N) is 1. The van der Waals surface area contributed by atoms with E-state index in [1.54, 1.807) is 0 Å².